The number of hydrogen-bond donors (Lipinski definition) is 1. The van der Waals surface area contributed by atoms with Gasteiger partial charge in [-0.3, -0.25) is 4.79 Å². The van der Waals surface area contributed by atoms with Gasteiger partial charge < -0.3 is 9.52 Å². The van der Waals surface area contributed by atoms with Gasteiger partial charge in [-0.15, -0.1) is 10.2 Å². The zero-order valence-corrected chi connectivity index (χ0v) is 7.30. The minimum absolute atomic E-state index is 0.103. The number of nitrogens with zero attached hydrogens (tertiary/aromatic N) is 2. The molecule has 0 fully saturated rings. The predicted molar refractivity (Wildman–Crippen MR) is 42.0 cm³/mol. The average molecular weight is 188 g/mol. The Kier molecular flexibility index (Phi) is 3.09. The van der Waals surface area contributed by atoms with Crippen LogP contribution in [0.25, 0.3) is 0 Å². The van der Waals surface area contributed by atoms with E-state index < -0.39 is 5.97 Å². The van der Waals surface area contributed by atoms with Crippen LogP contribution in [-0.2, 0) is 4.79 Å². The number of aromatic nitrogens is 2. The van der Waals surface area contributed by atoms with Crippen LogP contribution in [0.2, 0.25) is 0 Å². The molecule has 0 saturated heterocycles. The highest BCUT2D eigenvalue weighted by Crippen LogP contribution is 2.15. The van der Waals surface area contributed by atoms with E-state index in [2.05, 4.69) is 10.2 Å². The Morgan fingerprint density at radius 1 is 1.67 bits per heavy atom. The van der Waals surface area contributed by atoms with E-state index in [1.54, 1.807) is 6.92 Å². The highest BCUT2D eigenvalue weighted by Gasteiger charge is 2.03. The molecule has 0 amide bonds. The SMILES string of the molecule is Cc1nnc(SCCC(=O)O)o1. The molecule has 0 unspecified atom stereocenters. The molecule has 1 aromatic heterocycles. The maximum absolute atomic E-state index is 10.1. The predicted octanol–water partition coefficient (Wildman–Crippen LogP) is 0.945. The zero-order valence-electron chi connectivity index (χ0n) is 6.48. The van der Waals surface area contributed by atoms with Crippen molar-refractivity contribution in [2.75, 3.05) is 5.75 Å². The van der Waals surface area contributed by atoms with Crippen LogP contribution < -0.4 is 0 Å². The second kappa shape index (κ2) is 4.10. The van der Waals surface area contributed by atoms with E-state index in [-0.39, 0.29) is 6.42 Å². The van der Waals surface area contributed by atoms with Gasteiger partial charge in [-0.25, -0.2) is 0 Å². The third-order valence-corrected chi connectivity index (χ3v) is 1.87. The molecule has 0 spiro atoms. The average Bonchev–Trinajstić information content (AvgIpc) is 2.35. The minimum Gasteiger partial charge on any atom is -0.481 e. The number of carbonyl (C=O) groups is 1. The van der Waals surface area contributed by atoms with Crippen LogP contribution in [0.4, 0.5) is 0 Å². The summed E-state index contributed by atoms with van der Waals surface area (Å²) in [6, 6.07) is 0. The molecule has 1 rings (SSSR count). The molecule has 5 nitrogen and oxygen atoms in total. The lowest BCUT2D eigenvalue weighted by Crippen LogP contribution is -1.95. The maximum Gasteiger partial charge on any atom is 0.304 e. The molecular weight excluding hydrogens is 180 g/mol. The van der Waals surface area contributed by atoms with Crippen molar-refractivity contribution in [3.8, 4) is 0 Å². The van der Waals surface area contributed by atoms with Gasteiger partial charge in [0.15, 0.2) is 0 Å². The topological polar surface area (TPSA) is 76.2 Å². The van der Waals surface area contributed by atoms with Gasteiger partial charge in [0.05, 0.1) is 6.42 Å². The molecular formula is C6H8N2O3S. The Hall–Kier alpha value is -1.04. The summed E-state index contributed by atoms with van der Waals surface area (Å²) in [5.41, 5.74) is 0. The van der Waals surface area contributed by atoms with E-state index in [1.165, 1.54) is 11.8 Å². The van der Waals surface area contributed by atoms with Crippen molar-refractivity contribution >= 4 is 17.7 Å². The molecule has 1 N–H and O–H groups in total. The van der Waals surface area contributed by atoms with E-state index in [0.717, 1.165) is 0 Å². The summed E-state index contributed by atoms with van der Waals surface area (Å²) in [4.78, 5) is 10.1. The second-order valence-electron chi connectivity index (χ2n) is 2.08. The standard InChI is InChI=1S/C6H8N2O3S/c1-4-7-8-6(11-4)12-3-2-5(9)10/h2-3H2,1H3,(H,9,10). The van der Waals surface area contributed by atoms with Gasteiger partial charge in [0.25, 0.3) is 5.22 Å². The van der Waals surface area contributed by atoms with E-state index in [1.807, 2.05) is 0 Å². The quantitative estimate of drug-likeness (QED) is 0.709. The lowest BCUT2D eigenvalue weighted by Gasteiger charge is -1.90. The summed E-state index contributed by atoms with van der Waals surface area (Å²) < 4.78 is 5.01. The monoisotopic (exact) mass is 188 g/mol. The first-order valence-corrected chi connectivity index (χ1v) is 4.32. The van der Waals surface area contributed by atoms with Gasteiger partial charge in [0.2, 0.25) is 5.89 Å². The summed E-state index contributed by atoms with van der Waals surface area (Å²) in [7, 11) is 0. The minimum atomic E-state index is -0.821. The summed E-state index contributed by atoms with van der Waals surface area (Å²) in [6.45, 7) is 1.69. The van der Waals surface area contributed by atoms with E-state index in [9.17, 15) is 4.79 Å². The zero-order chi connectivity index (χ0) is 8.97. The Bertz CT molecular complexity index is 274. The first-order valence-electron chi connectivity index (χ1n) is 3.33. The van der Waals surface area contributed by atoms with Crippen molar-refractivity contribution in [3.05, 3.63) is 5.89 Å². The number of hydrogen-bond acceptors (Lipinski definition) is 5. The summed E-state index contributed by atoms with van der Waals surface area (Å²) >= 11 is 1.25. The van der Waals surface area contributed by atoms with Gasteiger partial charge >= 0.3 is 5.97 Å². The van der Waals surface area contributed by atoms with E-state index >= 15 is 0 Å². The molecule has 0 atom stereocenters. The Labute approximate surface area is 73.2 Å². The fourth-order valence-corrected chi connectivity index (χ4v) is 1.29. The highest BCUT2D eigenvalue weighted by molar-refractivity contribution is 7.99. The third-order valence-electron chi connectivity index (χ3n) is 1.05. The Balaban J connectivity index is 2.29. The highest BCUT2D eigenvalue weighted by atomic mass is 32.2. The smallest absolute Gasteiger partial charge is 0.304 e. The molecule has 0 saturated carbocycles. The Morgan fingerprint density at radius 3 is 2.92 bits per heavy atom. The normalized spacial score (nSPS) is 10.1. The first kappa shape index (κ1) is 9.05. The molecule has 0 aliphatic carbocycles. The molecule has 1 aromatic rings. The molecule has 0 aromatic carbocycles. The first-order chi connectivity index (χ1) is 5.68. The number of carboxylic acids is 1. The van der Waals surface area contributed by atoms with Crippen LogP contribution in [0, 0.1) is 6.92 Å². The molecule has 0 aliphatic rings. The lowest BCUT2D eigenvalue weighted by atomic mass is 10.5. The van der Waals surface area contributed by atoms with Crippen molar-refractivity contribution in [1.29, 1.82) is 0 Å². The van der Waals surface area contributed by atoms with Gasteiger partial charge in [0, 0.05) is 12.7 Å². The van der Waals surface area contributed by atoms with Crippen LogP contribution in [0.1, 0.15) is 12.3 Å². The largest absolute Gasteiger partial charge is 0.481 e. The summed E-state index contributed by atoms with van der Waals surface area (Å²) in [5, 5.41) is 16.0. The molecule has 0 radical (unpaired) electrons. The van der Waals surface area contributed by atoms with Crippen molar-refractivity contribution < 1.29 is 14.3 Å². The fourth-order valence-electron chi connectivity index (χ4n) is 0.562. The molecule has 66 valence electrons. The van der Waals surface area contributed by atoms with Crippen LogP contribution in [-0.4, -0.2) is 27.0 Å². The van der Waals surface area contributed by atoms with Crippen molar-refractivity contribution in [2.45, 2.75) is 18.6 Å². The van der Waals surface area contributed by atoms with Crippen LogP contribution in [0.5, 0.6) is 0 Å². The molecule has 6 heteroatoms. The second-order valence-corrected chi connectivity index (χ2v) is 3.13. The Morgan fingerprint density at radius 2 is 2.42 bits per heavy atom. The molecule has 1 heterocycles. The summed E-state index contributed by atoms with van der Waals surface area (Å²) in [5.74, 6) is 0.128. The van der Waals surface area contributed by atoms with Gasteiger partial charge in [-0.05, 0) is 0 Å². The van der Waals surface area contributed by atoms with Crippen molar-refractivity contribution in [2.24, 2.45) is 0 Å². The molecule has 12 heavy (non-hydrogen) atoms. The molecule has 0 aliphatic heterocycles. The number of aliphatic carboxylic acids is 1. The van der Waals surface area contributed by atoms with Gasteiger partial charge in [-0.1, -0.05) is 11.8 Å². The molecule has 0 bridgehead atoms. The fraction of sp³-hybridized carbons (Fsp3) is 0.500. The van der Waals surface area contributed by atoms with Crippen LogP contribution in [0.3, 0.4) is 0 Å². The third kappa shape index (κ3) is 2.91. The van der Waals surface area contributed by atoms with E-state index in [0.29, 0.717) is 16.9 Å². The van der Waals surface area contributed by atoms with Gasteiger partial charge in [0.1, 0.15) is 0 Å². The number of rotatable bonds is 4. The lowest BCUT2D eigenvalue weighted by molar-refractivity contribution is -0.136. The van der Waals surface area contributed by atoms with Gasteiger partial charge in [-0.2, -0.15) is 0 Å². The number of thioether (sulfide) groups is 1. The van der Waals surface area contributed by atoms with E-state index in [4.69, 9.17) is 9.52 Å². The van der Waals surface area contributed by atoms with Crippen LogP contribution >= 0.6 is 11.8 Å². The summed E-state index contributed by atoms with van der Waals surface area (Å²) in [6.07, 6.45) is 0.103. The number of aryl methyl sites for hydroxylation is 1. The van der Waals surface area contributed by atoms with Crippen molar-refractivity contribution in [1.82, 2.24) is 10.2 Å². The maximum atomic E-state index is 10.1. The van der Waals surface area contributed by atoms with Crippen molar-refractivity contribution in [3.63, 3.8) is 0 Å². The van der Waals surface area contributed by atoms with Crippen LogP contribution in [0.15, 0.2) is 9.64 Å². The number of carboxylic acid groups (broad SMARTS) is 1.